The second-order valence-corrected chi connectivity index (χ2v) is 7.12. The number of nitrogens with zero attached hydrogens (tertiary/aromatic N) is 6. The van der Waals surface area contributed by atoms with Crippen LogP contribution in [0.2, 0.25) is 0 Å². The summed E-state index contributed by atoms with van der Waals surface area (Å²) in [6, 6.07) is 3.83. The predicted octanol–water partition coefficient (Wildman–Crippen LogP) is 2.86. The van der Waals surface area contributed by atoms with Gasteiger partial charge >= 0.3 is 0 Å². The molecule has 0 spiro atoms. The standard InChI is InChI=1S/C17H22N6O2S/c1-12(2)10-15-19-14(22-25-15)11-26-17-21-20-16(23(17)8-9-24-3)13-4-6-18-7-5-13/h4-7,12H,8-11H2,1-3H3. The SMILES string of the molecule is COCCn1c(SCc2noc(CC(C)C)n2)nnc1-c1ccncc1. The van der Waals surface area contributed by atoms with Gasteiger partial charge in [-0.25, -0.2) is 0 Å². The molecule has 9 heteroatoms. The molecule has 0 saturated heterocycles. The number of hydrogen-bond donors (Lipinski definition) is 0. The van der Waals surface area contributed by atoms with E-state index in [9.17, 15) is 0 Å². The molecule has 3 aromatic heterocycles. The van der Waals surface area contributed by atoms with Gasteiger partial charge in [-0.05, 0) is 18.1 Å². The molecule has 8 nitrogen and oxygen atoms in total. The predicted molar refractivity (Wildman–Crippen MR) is 97.5 cm³/mol. The Balaban J connectivity index is 1.74. The first-order chi connectivity index (χ1) is 12.7. The Morgan fingerprint density at radius 1 is 1.23 bits per heavy atom. The van der Waals surface area contributed by atoms with Crippen molar-refractivity contribution >= 4 is 11.8 Å². The third-order valence-corrected chi connectivity index (χ3v) is 4.56. The summed E-state index contributed by atoms with van der Waals surface area (Å²) in [4.78, 5) is 8.49. The van der Waals surface area contributed by atoms with Crippen molar-refractivity contribution in [3.8, 4) is 11.4 Å². The summed E-state index contributed by atoms with van der Waals surface area (Å²) in [5.74, 6) is 3.19. The first-order valence-corrected chi connectivity index (χ1v) is 9.42. The summed E-state index contributed by atoms with van der Waals surface area (Å²) in [7, 11) is 1.68. The van der Waals surface area contributed by atoms with Crippen molar-refractivity contribution in [3.63, 3.8) is 0 Å². The van der Waals surface area contributed by atoms with Crippen molar-refractivity contribution in [3.05, 3.63) is 36.2 Å². The summed E-state index contributed by atoms with van der Waals surface area (Å²) in [5.41, 5.74) is 0.967. The highest BCUT2D eigenvalue weighted by atomic mass is 32.2. The monoisotopic (exact) mass is 374 g/mol. The molecule has 0 aliphatic carbocycles. The number of rotatable bonds is 9. The van der Waals surface area contributed by atoms with Gasteiger partial charge in [0, 0.05) is 31.5 Å². The van der Waals surface area contributed by atoms with Crippen molar-refractivity contribution in [1.82, 2.24) is 29.9 Å². The average Bonchev–Trinajstić information content (AvgIpc) is 3.25. The van der Waals surface area contributed by atoms with E-state index in [-0.39, 0.29) is 0 Å². The zero-order valence-electron chi connectivity index (χ0n) is 15.1. The summed E-state index contributed by atoms with van der Waals surface area (Å²) >= 11 is 1.53. The zero-order chi connectivity index (χ0) is 18.4. The molecule has 3 rings (SSSR count). The number of ether oxygens (including phenoxy) is 1. The Bertz CT molecular complexity index is 818. The molecule has 0 fully saturated rings. The van der Waals surface area contributed by atoms with Crippen LogP contribution >= 0.6 is 11.8 Å². The van der Waals surface area contributed by atoms with Crippen molar-refractivity contribution in [2.45, 2.75) is 37.7 Å². The van der Waals surface area contributed by atoms with E-state index in [1.807, 2.05) is 16.7 Å². The molecular weight excluding hydrogens is 352 g/mol. The van der Waals surface area contributed by atoms with Crippen LogP contribution in [0.15, 0.2) is 34.2 Å². The quantitative estimate of drug-likeness (QED) is 0.528. The minimum absolute atomic E-state index is 0.482. The van der Waals surface area contributed by atoms with Gasteiger partial charge in [0.15, 0.2) is 16.8 Å². The van der Waals surface area contributed by atoms with Crippen LogP contribution in [0.4, 0.5) is 0 Å². The van der Waals surface area contributed by atoms with Gasteiger partial charge in [0.25, 0.3) is 0 Å². The van der Waals surface area contributed by atoms with Crippen LogP contribution in [0.25, 0.3) is 11.4 Å². The lowest BCUT2D eigenvalue weighted by molar-refractivity contribution is 0.185. The molecule has 0 aliphatic rings. The maximum absolute atomic E-state index is 5.29. The molecular formula is C17H22N6O2S. The minimum atomic E-state index is 0.482. The molecule has 0 radical (unpaired) electrons. The van der Waals surface area contributed by atoms with Crippen molar-refractivity contribution in [2.75, 3.05) is 13.7 Å². The number of pyridine rings is 1. The van der Waals surface area contributed by atoms with Gasteiger partial charge in [0.1, 0.15) is 0 Å². The topological polar surface area (TPSA) is 91.8 Å². The first-order valence-electron chi connectivity index (χ1n) is 8.44. The molecule has 3 aromatic rings. The van der Waals surface area contributed by atoms with Crippen LogP contribution in [-0.4, -0.2) is 43.6 Å². The average molecular weight is 374 g/mol. The minimum Gasteiger partial charge on any atom is -0.383 e. The number of methoxy groups -OCH3 is 1. The molecule has 3 heterocycles. The third kappa shape index (κ3) is 4.67. The lowest BCUT2D eigenvalue weighted by Crippen LogP contribution is -2.07. The Hall–Kier alpha value is -2.26. The summed E-state index contributed by atoms with van der Waals surface area (Å²) in [5, 5.41) is 13.5. The molecule has 0 saturated carbocycles. The largest absolute Gasteiger partial charge is 0.383 e. The highest BCUT2D eigenvalue weighted by Gasteiger charge is 2.16. The van der Waals surface area contributed by atoms with Gasteiger partial charge in [-0.15, -0.1) is 10.2 Å². The lowest BCUT2D eigenvalue weighted by Gasteiger charge is -2.09. The highest BCUT2D eigenvalue weighted by molar-refractivity contribution is 7.98. The number of thioether (sulfide) groups is 1. The van der Waals surface area contributed by atoms with Crippen molar-refractivity contribution in [1.29, 1.82) is 0 Å². The van der Waals surface area contributed by atoms with Gasteiger partial charge in [-0.2, -0.15) is 4.98 Å². The van der Waals surface area contributed by atoms with Gasteiger partial charge in [-0.3, -0.25) is 9.55 Å². The maximum atomic E-state index is 5.29. The van der Waals surface area contributed by atoms with Crippen molar-refractivity contribution in [2.24, 2.45) is 5.92 Å². The van der Waals surface area contributed by atoms with E-state index in [0.717, 1.165) is 23.0 Å². The Morgan fingerprint density at radius 3 is 2.77 bits per heavy atom. The Kier molecular flexibility index (Phi) is 6.35. The molecule has 0 bridgehead atoms. The van der Waals surface area contributed by atoms with E-state index < -0.39 is 0 Å². The Labute approximate surface area is 156 Å². The lowest BCUT2D eigenvalue weighted by atomic mass is 10.1. The summed E-state index contributed by atoms with van der Waals surface area (Å²) < 4.78 is 12.6. The molecule has 0 N–H and O–H groups in total. The van der Waals surface area contributed by atoms with Crippen LogP contribution in [0.3, 0.4) is 0 Å². The summed E-state index contributed by atoms with van der Waals surface area (Å²) in [6.07, 6.45) is 4.27. The van der Waals surface area contributed by atoms with Crippen LogP contribution < -0.4 is 0 Å². The number of hydrogen-bond acceptors (Lipinski definition) is 8. The van der Waals surface area contributed by atoms with Gasteiger partial charge in [0.2, 0.25) is 5.89 Å². The smallest absolute Gasteiger partial charge is 0.226 e. The van der Waals surface area contributed by atoms with Gasteiger partial charge in [0.05, 0.1) is 18.9 Å². The molecule has 0 atom stereocenters. The fourth-order valence-corrected chi connectivity index (χ4v) is 3.21. The van der Waals surface area contributed by atoms with E-state index in [2.05, 4.69) is 39.2 Å². The van der Waals surface area contributed by atoms with Crippen LogP contribution in [0.1, 0.15) is 25.6 Å². The molecule has 26 heavy (non-hydrogen) atoms. The van der Waals surface area contributed by atoms with E-state index in [0.29, 0.717) is 36.5 Å². The first kappa shape index (κ1) is 18.5. The van der Waals surface area contributed by atoms with Crippen LogP contribution in [0, 0.1) is 5.92 Å². The van der Waals surface area contributed by atoms with Crippen molar-refractivity contribution < 1.29 is 9.26 Å². The Morgan fingerprint density at radius 2 is 2.04 bits per heavy atom. The van der Waals surface area contributed by atoms with Gasteiger partial charge in [-0.1, -0.05) is 30.8 Å². The van der Waals surface area contributed by atoms with Crippen LogP contribution in [-0.2, 0) is 23.5 Å². The molecule has 0 aliphatic heterocycles. The molecule has 0 amide bonds. The fraction of sp³-hybridized carbons (Fsp3) is 0.471. The molecule has 138 valence electrons. The molecule has 0 unspecified atom stereocenters. The van der Waals surface area contributed by atoms with Gasteiger partial charge < -0.3 is 9.26 Å². The maximum Gasteiger partial charge on any atom is 0.226 e. The van der Waals surface area contributed by atoms with E-state index >= 15 is 0 Å². The normalized spacial score (nSPS) is 11.4. The van der Waals surface area contributed by atoms with E-state index in [1.165, 1.54) is 11.8 Å². The highest BCUT2D eigenvalue weighted by Crippen LogP contribution is 2.25. The molecule has 0 aromatic carbocycles. The van der Waals surface area contributed by atoms with Crippen LogP contribution in [0.5, 0.6) is 0 Å². The van der Waals surface area contributed by atoms with E-state index in [1.54, 1.807) is 19.5 Å². The summed E-state index contributed by atoms with van der Waals surface area (Å²) in [6.45, 7) is 5.48. The third-order valence-electron chi connectivity index (χ3n) is 3.60. The second kappa shape index (κ2) is 8.91. The zero-order valence-corrected chi connectivity index (χ0v) is 15.9. The fourth-order valence-electron chi connectivity index (χ4n) is 2.40. The second-order valence-electron chi connectivity index (χ2n) is 6.18. The van der Waals surface area contributed by atoms with E-state index in [4.69, 9.17) is 9.26 Å². The number of aromatic nitrogens is 6.